The van der Waals surface area contributed by atoms with Gasteiger partial charge in [-0.2, -0.15) is 5.26 Å². The van der Waals surface area contributed by atoms with E-state index in [4.69, 9.17) is 0 Å². The van der Waals surface area contributed by atoms with Crippen molar-refractivity contribution in [2.45, 2.75) is 11.8 Å². The summed E-state index contributed by atoms with van der Waals surface area (Å²) < 4.78 is 2.38. The van der Waals surface area contributed by atoms with Crippen LogP contribution in [0.25, 0.3) is 49.7 Å². The molecule has 3 aliphatic carbocycles. The Morgan fingerprint density at radius 1 is 0.447 bits per heavy atom. The summed E-state index contributed by atoms with van der Waals surface area (Å²) in [6.45, 7) is 0. The molecule has 7 aromatic carbocycles. The van der Waals surface area contributed by atoms with E-state index < -0.39 is 0 Å². The zero-order chi connectivity index (χ0) is 31.1. The zero-order valence-electron chi connectivity index (χ0n) is 25.6. The summed E-state index contributed by atoms with van der Waals surface area (Å²) in [5.74, 6) is 0.130. The third-order valence-corrected chi connectivity index (χ3v) is 10.4. The van der Waals surface area contributed by atoms with E-state index in [2.05, 4.69) is 162 Å². The van der Waals surface area contributed by atoms with Crippen molar-refractivity contribution in [2.75, 3.05) is 0 Å². The summed E-state index contributed by atoms with van der Waals surface area (Å²) in [4.78, 5) is 0. The summed E-state index contributed by atoms with van der Waals surface area (Å²) >= 11 is 0. The molecule has 11 rings (SSSR count). The maximum Gasteiger partial charge on any atom is 0.0994 e. The van der Waals surface area contributed by atoms with Crippen LogP contribution in [-0.4, -0.2) is 4.57 Å². The fourth-order valence-electron chi connectivity index (χ4n) is 8.49. The van der Waals surface area contributed by atoms with Gasteiger partial charge in [0.05, 0.1) is 22.7 Å². The van der Waals surface area contributed by atoms with E-state index in [-0.39, 0.29) is 11.8 Å². The molecule has 0 fully saturated rings. The molecule has 0 N–H and O–H groups in total. The molecule has 0 aliphatic heterocycles. The number of para-hydroxylation sites is 1. The number of hydrogen-bond donors (Lipinski definition) is 0. The molecule has 2 heteroatoms. The zero-order valence-corrected chi connectivity index (χ0v) is 25.6. The van der Waals surface area contributed by atoms with Crippen molar-refractivity contribution in [3.8, 4) is 34.0 Å². The minimum absolute atomic E-state index is 0.0501. The second kappa shape index (κ2) is 9.91. The van der Waals surface area contributed by atoms with Crippen molar-refractivity contribution >= 4 is 21.8 Å². The van der Waals surface area contributed by atoms with E-state index in [1.165, 1.54) is 77.4 Å². The molecule has 0 saturated heterocycles. The van der Waals surface area contributed by atoms with Gasteiger partial charge in [-0.15, -0.1) is 0 Å². The van der Waals surface area contributed by atoms with Gasteiger partial charge in [-0.1, -0.05) is 115 Å². The highest BCUT2D eigenvalue weighted by Gasteiger charge is 2.43. The Balaban J connectivity index is 1.26. The average molecular weight is 597 g/mol. The van der Waals surface area contributed by atoms with Crippen LogP contribution in [0.5, 0.6) is 0 Å². The lowest BCUT2D eigenvalue weighted by molar-refractivity contribution is 0.753. The third-order valence-electron chi connectivity index (χ3n) is 10.4. The molecule has 1 aromatic heterocycles. The Bertz CT molecular complexity index is 2540. The highest BCUT2D eigenvalue weighted by Crippen LogP contribution is 2.58. The first-order valence-corrected chi connectivity index (χ1v) is 16.2. The van der Waals surface area contributed by atoms with Gasteiger partial charge in [0.1, 0.15) is 0 Å². The molecule has 0 amide bonds. The predicted molar refractivity (Wildman–Crippen MR) is 191 cm³/mol. The lowest BCUT2D eigenvalue weighted by Gasteiger charge is -2.43. The van der Waals surface area contributed by atoms with Crippen molar-refractivity contribution < 1.29 is 0 Å². The smallest absolute Gasteiger partial charge is 0.0994 e. The Morgan fingerprint density at radius 3 is 1.55 bits per heavy atom. The van der Waals surface area contributed by atoms with Crippen molar-refractivity contribution in [1.82, 2.24) is 4.57 Å². The van der Waals surface area contributed by atoms with Gasteiger partial charge in [-0.05, 0) is 98.1 Å². The standard InChI is InChI=1S/C45H28N2/c46-27-31-19-22-33(45-42(31)43-34-15-7-9-17-36(34)44(45)37-18-10-8-16-35(37)43)30-21-24-41-39(26-30)38-25-29(28-11-3-1-4-12-28)20-23-40(38)47(41)32-13-5-2-6-14-32/h1-26,43-44H. The maximum absolute atomic E-state index is 10.4. The summed E-state index contributed by atoms with van der Waals surface area (Å²) in [6.07, 6.45) is 0. The molecule has 1 heterocycles. The number of rotatable bonds is 3. The number of benzene rings is 7. The molecule has 2 bridgehead atoms. The van der Waals surface area contributed by atoms with Gasteiger partial charge in [0.2, 0.25) is 0 Å². The second-order valence-electron chi connectivity index (χ2n) is 12.7. The van der Waals surface area contributed by atoms with Crippen molar-refractivity contribution in [1.29, 1.82) is 5.26 Å². The summed E-state index contributed by atoms with van der Waals surface area (Å²) in [5.41, 5.74) is 16.9. The van der Waals surface area contributed by atoms with Crippen LogP contribution in [0.4, 0.5) is 0 Å². The molecule has 218 valence electrons. The molecule has 2 nitrogen and oxygen atoms in total. The van der Waals surface area contributed by atoms with Crippen LogP contribution in [0, 0.1) is 11.3 Å². The lowest BCUT2D eigenvalue weighted by Crippen LogP contribution is -2.29. The fraction of sp³-hybridized carbons (Fsp3) is 0.0444. The van der Waals surface area contributed by atoms with Crippen LogP contribution in [0.3, 0.4) is 0 Å². The molecular weight excluding hydrogens is 569 g/mol. The van der Waals surface area contributed by atoms with E-state index in [0.717, 1.165) is 11.3 Å². The fourth-order valence-corrected chi connectivity index (χ4v) is 8.49. The summed E-state index contributed by atoms with van der Waals surface area (Å²) in [5, 5.41) is 12.9. The number of fused-ring (bicyclic) bond motifs is 3. The normalized spacial score (nSPS) is 15.6. The van der Waals surface area contributed by atoms with Crippen LogP contribution in [0.15, 0.2) is 158 Å². The van der Waals surface area contributed by atoms with Gasteiger partial charge in [0.15, 0.2) is 0 Å². The molecular formula is C45H28N2. The van der Waals surface area contributed by atoms with Crippen LogP contribution in [0.1, 0.15) is 50.8 Å². The largest absolute Gasteiger partial charge is 0.309 e. The Kier molecular flexibility index (Phi) is 5.50. The molecule has 0 spiro atoms. The minimum Gasteiger partial charge on any atom is -0.309 e. The first-order chi connectivity index (χ1) is 23.3. The second-order valence-corrected chi connectivity index (χ2v) is 12.7. The predicted octanol–water partition coefficient (Wildman–Crippen LogP) is 11.0. The van der Waals surface area contributed by atoms with E-state index >= 15 is 0 Å². The van der Waals surface area contributed by atoms with Crippen LogP contribution in [0.2, 0.25) is 0 Å². The Hall–Kier alpha value is -6.17. The first kappa shape index (κ1) is 26.1. The highest BCUT2D eigenvalue weighted by atomic mass is 15.0. The monoisotopic (exact) mass is 596 g/mol. The van der Waals surface area contributed by atoms with E-state index in [9.17, 15) is 5.26 Å². The number of nitrogens with zero attached hydrogens (tertiary/aromatic N) is 2. The van der Waals surface area contributed by atoms with Gasteiger partial charge in [-0.25, -0.2) is 0 Å². The average Bonchev–Trinajstić information content (AvgIpc) is 3.48. The molecule has 0 radical (unpaired) electrons. The van der Waals surface area contributed by atoms with Crippen molar-refractivity contribution in [3.05, 3.63) is 197 Å². The van der Waals surface area contributed by atoms with Crippen molar-refractivity contribution in [2.24, 2.45) is 0 Å². The highest BCUT2D eigenvalue weighted by molar-refractivity contribution is 6.11. The number of hydrogen-bond acceptors (Lipinski definition) is 1. The third kappa shape index (κ3) is 3.66. The van der Waals surface area contributed by atoms with Crippen LogP contribution in [-0.2, 0) is 0 Å². The summed E-state index contributed by atoms with van der Waals surface area (Å²) in [6, 6.07) is 59.5. The Morgan fingerprint density at radius 2 is 0.957 bits per heavy atom. The van der Waals surface area contributed by atoms with E-state index in [0.29, 0.717) is 0 Å². The quantitative estimate of drug-likeness (QED) is 0.199. The number of aromatic nitrogens is 1. The maximum atomic E-state index is 10.4. The van der Waals surface area contributed by atoms with Gasteiger partial charge < -0.3 is 4.57 Å². The topological polar surface area (TPSA) is 28.7 Å². The van der Waals surface area contributed by atoms with Gasteiger partial charge in [0, 0.05) is 28.3 Å². The molecule has 0 saturated carbocycles. The van der Waals surface area contributed by atoms with Crippen LogP contribution < -0.4 is 0 Å². The van der Waals surface area contributed by atoms with E-state index in [1.54, 1.807) is 0 Å². The molecule has 8 aromatic rings. The van der Waals surface area contributed by atoms with Gasteiger partial charge >= 0.3 is 0 Å². The first-order valence-electron chi connectivity index (χ1n) is 16.2. The van der Waals surface area contributed by atoms with Gasteiger partial charge in [0.25, 0.3) is 0 Å². The molecule has 0 unspecified atom stereocenters. The molecule has 0 atom stereocenters. The lowest BCUT2D eigenvalue weighted by atomic mass is 9.59. The number of nitriles is 1. The van der Waals surface area contributed by atoms with Crippen LogP contribution >= 0.6 is 0 Å². The molecule has 47 heavy (non-hydrogen) atoms. The van der Waals surface area contributed by atoms with Crippen molar-refractivity contribution in [3.63, 3.8) is 0 Å². The molecule has 3 aliphatic rings. The Labute approximate surface area is 273 Å². The van der Waals surface area contributed by atoms with Gasteiger partial charge in [-0.3, -0.25) is 0 Å². The minimum atomic E-state index is 0.0501. The SMILES string of the molecule is N#Cc1ccc(-c2ccc3c(c2)c2cc(-c4ccccc4)ccc2n3-c2ccccc2)c2c1C1c3ccccc3C2c2ccccc21. The summed E-state index contributed by atoms with van der Waals surface area (Å²) in [7, 11) is 0. The van der Waals surface area contributed by atoms with E-state index in [1.807, 2.05) is 6.07 Å².